The second-order valence-electron chi connectivity index (χ2n) is 13.6. The van der Waals surface area contributed by atoms with E-state index < -0.39 is 106 Å². The number of anilines is 1. The van der Waals surface area contributed by atoms with Crippen molar-refractivity contribution in [2.45, 2.75) is 203 Å². The smallest absolute Gasteiger partial charge is 0.756 e. The normalized spacial score (nSPS) is 23.6. The largest absolute Gasteiger partial charge is 1.00 e. The number of carbonyl (C=O) groups is 2. The Bertz CT molecular complexity index is 1420. The van der Waals surface area contributed by atoms with Crippen LogP contribution in [0.5, 0.6) is 0 Å². The van der Waals surface area contributed by atoms with Crippen LogP contribution in [0.1, 0.15) is 148 Å². The third kappa shape index (κ3) is 33.5. The minimum Gasteiger partial charge on any atom is -0.756 e. The number of aliphatic hydroxyl groups excluding tert-OH is 6. The van der Waals surface area contributed by atoms with Gasteiger partial charge in [0.1, 0.15) is 48.4 Å². The first-order chi connectivity index (χ1) is 31.2. The van der Waals surface area contributed by atoms with Crippen LogP contribution in [0, 0.1) is 0 Å². The second-order valence-corrected chi connectivity index (χ2v) is 16.9. The molecule has 68 heavy (non-hydrogen) atoms. The van der Waals surface area contributed by atoms with Crippen LogP contribution in [0.3, 0.4) is 0 Å². The Morgan fingerprint density at radius 3 is 1.78 bits per heavy atom. The summed E-state index contributed by atoms with van der Waals surface area (Å²) in [4.78, 5) is 52.5. The number of aliphatic carboxylic acids is 1. The molecule has 2 saturated heterocycles. The molecule has 0 aromatic carbocycles. The van der Waals surface area contributed by atoms with Gasteiger partial charge >= 0.3 is 64.8 Å². The number of likely N-dealkylation sites (N-methyl/N-ethyl adjacent to an activating group) is 1. The maximum absolute atomic E-state index is 12.7. The molecule has 21 nitrogen and oxygen atoms in total. The summed E-state index contributed by atoms with van der Waals surface area (Å²) in [6.07, 6.45) is -4.59. The van der Waals surface area contributed by atoms with Gasteiger partial charge in [-0.1, -0.05) is 135 Å². The number of carboxylic acid groups (broad SMARTS) is 1. The molecule has 9 unspecified atom stereocenters. The summed E-state index contributed by atoms with van der Waals surface area (Å²) in [6.45, 7) is 27.0. The number of unbranched alkanes of at least 4 members (excludes halogenated alkanes) is 3. The zero-order valence-corrected chi connectivity index (χ0v) is 50.4. The SMILES string of the molecule is CC.CC.CC.CCCC.CCCC.CCCC.CCPCC.CNCC(=O)NC1C(O)CC(OP(=O)([O-])OCC2OC(n3ccc(N)nc3=O)C(O)C2O)(C(=O)[O-])OC1[C@H](O)[C@H](O)CO.[Na+].[Na+]. The van der Waals surface area contributed by atoms with E-state index >= 15 is 0 Å². The minimum absolute atomic E-state index is 0. The summed E-state index contributed by atoms with van der Waals surface area (Å²) in [6, 6.07) is -0.460. The van der Waals surface area contributed by atoms with E-state index in [2.05, 4.69) is 80.1 Å². The van der Waals surface area contributed by atoms with E-state index in [1.54, 1.807) is 0 Å². The van der Waals surface area contributed by atoms with Crippen molar-refractivity contribution in [3.05, 3.63) is 22.7 Å². The van der Waals surface area contributed by atoms with Gasteiger partial charge in [0.2, 0.25) is 11.7 Å². The van der Waals surface area contributed by atoms with Crippen LogP contribution >= 0.6 is 16.4 Å². The summed E-state index contributed by atoms with van der Waals surface area (Å²) in [5.41, 5.74) is 4.44. The van der Waals surface area contributed by atoms with Crippen molar-refractivity contribution >= 4 is 34.1 Å². The van der Waals surface area contributed by atoms with Crippen LogP contribution in [0.2, 0.25) is 0 Å². The van der Waals surface area contributed by atoms with Gasteiger partial charge in [-0.25, -0.2) is 4.79 Å². The number of carbonyl (C=O) groups excluding carboxylic acids is 2. The average molecular weight is 1040 g/mol. The zero-order valence-electron chi connectivity index (χ0n) is 44.5. The van der Waals surface area contributed by atoms with Gasteiger partial charge in [-0.05, 0) is 25.4 Å². The first-order valence-corrected chi connectivity index (χ1v) is 26.3. The molecule has 1 amide bonds. The molecule has 0 saturated carbocycles. The predicted molar refractivity (Wildman–Crippen MR) is 257 cm³/mol. The molecule has 3 rings (SSSR count). The molecule has 0 bridgehead atoms. The van der Waals surface area contributed by atoms with Crippen LogP contribution < -0.4 is 91.2 Å². The molecular formula is C43H91N5Na2O16P2. The number of nitrogen functional groups attached to an aromatic ring is 1. The molecule has 2 aliphatic rings. The summed E-state index contributed by atoms with van der Waals surface area (Å²) >= 11 is 0. The summed E-state index contributed by atoms with van der Waals surface area (Å²) < 4.78 is 33.3. The Balaban J connectivity index is -0.000000250. The van der Waals surface area contributed by atoms with Crippen molar-refractivity contribution < 1.29 is 132 Å². The van der Waals surface area contributed by atoms with Crippen molar-refractivity contribution in [3.8, 4) is 0 Å². The average Bonchev–Trinajstić information content (AvgIpc) is 3.59. The molecule has 1 aromatic heterocycles. The van der Waals surface area contributed by atoms with Gasteiger partial charge < -0.3 is 75.8 Å². The van der Waals surface area contributed by atoms with Gasteiger partial charge in [0.25, 0.3) is 7.82 Å². The number of nitrogens with two attached hydrogens (primary N) is 1. The topological polar surface area (TPSA) is 341 Å². The molecule has 0 aliphatic carbocycles. The Labute approximate surface area is 453 Å². The number of ether oxygens (including phenoxy) is 2. The standard InChI is InChI=1S/C21H34N5O16P.C4H11P.3C4H10.3C2H6.2Na/c1-23-5-12(30)25-13-8(28)4-21(19(34)35,41-17(13)14(31)9(29)6-27)42-43(37,38)39-7-10-15(32)16(33)18(40-10)26-3-2-11(22)24-20(26)36;1-3-5-4-2;3*1-3-4-2;3*1-2;;/h2-3,8-10,13-18,23,27-29,31-33H,4-7H2,1H3,(H,25,30)(H,34,35)(H,37,38)(H2,22,24,36);5H,3-4H2,1-2H3;3*3-4H2,1-2H3;3*1-2H3;;/q;;;;;;;;2*+1/p-2/t8?,9-,10?,13?,14-,15?,16?,17?,18?,21?;;;;;;;;;/m1........./s1. The number of hydrogen-bond acceptors (Lipinski definition) is 19. The number of phosphoric ester groups is 1. The number of aliphatic hydroxyl groups is 6. The molecule has 11 atom stereocenters. The first-order valence-electron chi connectivity index (χ1n) is 23.4. The van der Waals surface area contributed by atoms with Gasteiger partial charge in [0.05, 0.1) is 31.9 Å². The Hall–Kier alpha value is -0.200. The molecule has 25 heteroatoms. The zero-order chi connectivity index (χ0) is 52.6. The monoisotopic (exact) mass is 1040 g/mol. The van der Waals surface area contributed by atoms with E-state index in [9.17, 15) is 59.6 Å². The summed E-state index contributed by atoms with van der Waals surface area (Å²) in [7, 11) is -3.22. The molecular weight excluding hydrogens is 950 g/mol. The summed E-state index contributed by atoms with van der Waals surface area (Å²) in [5.74, 6) is -6.72. The number of amides is 1. The molecule has 1 aromatic rings. The van der Waals surface area contributed by atoms with E-state index in [4.69, 9.17) is 15.2 Å². The maximum Gasteiger partial charge on any atom is 1.00 e. The number of carboxylic acids is 1. The Morgan fingerprint density at radius 1 is 0.941 bits per heavy atom. The third-order valence-corrected chi connectivity index (χ3v) is 10.6. The molecule has 0 spiro atoms. The van der Waals surface area contributed by atoms with Crippen LogP contribution in [0.15, 0.2) is 17.1 Å². The van der Waals surface area contributed by atoms with Crippen molar-refractivity contribution in [2.75, 3.05) is 44.9 Å². The number of phosphoric acid groups is 1. The molecule has 2 aliphatic heterocycles. The number of nitrogens with zero attached hydrogens (tertiary/aromatic N) is 2. The van der Waals surface area contributed by atoms with Crippen LogP contribution in [0.4, 0.5) is 5.82 Å². The molecule has 396 valence electrons. The van der Waals surface area contributed by atoms with E-state index in [0.717, 1.165) is 10.8 Å². The fourth-order valence-corrected chi connectivity index (χ4v) is 6.15. The van der Waals surface area contributed by atoms with E-state index in [1.165, 1.54) is 72.5 Å². The van der Waals surface area contributed by atoms with Gasteiger partial charge in [-0.2, -0.15) is 4.98 Å². The van der Waals surface area contributed by atoms with Gasteiger partial charge in [-0.3, -0.25) is 18.5 Å². The predicted octanol–water partition coefficient (Wildman–Crippen LogP) is -3.83. The first kappa shape index (κ1) is 81.8. The molecule has 10 N–H and O–H groups in total. The number of nitrogens with one attached hydrogen (secondary N) is 2. The van der Waals surface area contributed by atoms with Crippen molar-refractivity contribution in [1.29, 1.82) is 0 Å². The minimum atomic E-state index is -5.83. The van der Waals surface area contributed by atoms with E-state index in [0.29, 0.717) is 0 Å². The van der Waals surface area contributed by atoms with Gasteiger partial charge in [0, 0.05) is 12.6 Å². The van der Waals surface area contributed by atoms with Crippen molar-refractivity contribution in [3.63, 3.8) is 0 Å². The van der Waals surface area contributed by atoms with Crippen LogP contribution in [-0.4, -0.2) is 146 Å². The fraction of sp³-hybridized carbons (Fsp3) is 0.860. The van der Waals surface area contributed by atoms with Crippen molar-refractivity contribution in [1.82, 2.24) is 20.2 Å². The Morgan fingerprint density at radius 2 is 1.41 bits per heavy atom. The van der Waals surface area contributed by atoms with Gasteiger partial charge in [-0.15, -0.1) is 8.58 Å². The molecule has 2 fully saturated rings. The van der Waals surface area contributed by atoms with Gasteiger partial charge in [0.15, 0.2) is 6.23 Å². The fourth-order valence-electron chi connectivity index (χ4n) is 4.71. The van der Waals surface area contributed by atoms with E-state index in [-0.39, 0.29) is 71.5 Å². The van der Waals surface area contributed by atoms with Crippen LogP contribution in [0.25, 0.3) is 0 Å². The second kappa shape index (κ2) is 50.3. The van der Waals surface area contributed by atoms with Crippen molar-refractivity contribution in [2.24, 2.45) is 0 Å². The summed E-state index contributed by atoms with van der Waals surface area (Å²) in [5, 5.41) is 77.8. The number of aromatic nitrogens is 2. The third-order valence-electron chi connectivity index (χ3n) is 8.59. The maximum atomic E-state index is 12.7. The number of hydrogen-bond donors (Lipinski definition) is 9. The number of rotatable bonds is 18. The Kier molecular flexibility index (Phi) is 60.6. The van der Waals surface area contributed by atoms with Crippen LogP contribution in [-0.2, 0) is 32.7 Å². The quantitative estimate of drug-likeness (QED) is 0.0502. The molecule has 0 radical (unpaired) electrons. The van der Waals surface area contributed by atoms with E-state index in [1.807, 2.05) is 41.5 Å². The molecule has 3 heterocycles.